The van der Waals surface area contributed by atoms with Crippen LogP contribution >= 0.6 is 0 Å². The topological polar surface area (TPSA) is 61.7 Å². The number of imidazole rings is 1. The largest absolute Gasteiger partial charge is 0.328 e. The summed E-state index contributed by atoms with van der Waals surface area (Å²) in [5.74, 6) is 0.476. The van der Waals surface area contributed by atoms with Crippen molar-refractivity contribution in [2.45, 2.75) is 33.4 Å². The van der Waals surface area contributed by atoms with Gasteiger partial charge < -0.3 is 10.3 Å². The molecule has 18 heavy (non-hydrogen) atoms. The molecule has 0 spiro atoms. The van der Waals surface area contributed by atoms with Crippen LogP contribution in [0.4, 0.5) is 0 Å². The van der Waals surface area contributed by atoms with E-state index < -0.39 is 0 Å². The number of rotatable bonds is 5. The van der Waals surface area contributed by atoms with Gasteiger partial charge in [0.05, 0.1) is 24.4 Å². The Hall–Kier alpha value is -1.62. The molecule has 98 valence electrons. The molecular weight excluding hydrogens is 226 g/mol. The van der Waals surface area contributed by atoms with Gasteiger partial charge in [-0.2, -0.15) is 5.10 Å². The van der Waals surface area contributed by atoms with Crippen LogP contribution in [0.3, 0.4) is 0 Å². The SMILES string of the molecule is CCn1cc(-c2cncn2C(CN)C(C)C)cn1. The lowest BCUT2D eigenvalue weighted by Crippen LogP contribution is -2.24. The Morgan fingerprint density at radius 1 is 1.33 bits per heavy atom. The zero-order chi connectivity index (χ0) is 13.1. The molecule has 0 aliphatic heterocycles. The maximum Gasteiger partial charge on any atom is 0.0954 e. The fourth-order valence-electron chi connectivity index (χ4n) is 2.17. The van der Waals surface area contributed by atoms with Crippen LogP contribution < -0.4 is 5.73 Å². The fraction of sp³-hybridized carbons (Fsp3) is 0.538. The van der Waals surface area contributed by atoms with Gasteiger partial charge in [0, 0.05) is 30.9 Å². The Kier molecular flexibility index (Phi) is 3.81. The fourth-order valence-corrected chi connectivity index (χ4v) is 2.17. The molecule has 5 nitrogen and oxygen atoms in total. The zero-order valence-electron chi connectivity index (χ0n) is 11.2. The second kappa shape index (κ2) is 5.35. The summed E-state index contributed by atoms with van der Waals surface area (Å²) in [6, 6.07) is 0.271. The van der Waals surface area contributed by atoms with Crippen LogP contribution in [0.1, 0.15) is 26.8 Å². The average molecular weight is 247 g/mol. The van der Waals surface area contributed by atoms with Crippen molar-refractivity contribution < 1.29 is 0 Å². The van der Waals surface area contributed by atoms with E-state index in [1.807, 2.05) is 29.6 Å². The minimum Gasteiger partial charge on any atom is -0.328 e. The summed E-state index contributed by atoms with van der Waals surface area (Å²) in [5, 5.41) is 4.31. The molecule has 5 heteroatoms. The predicted molar refractivity (Wildman–Crippen MR) is 72.1 cm³/mol. The zero-order valence-corrected chi connectivity index (χ0v) is 11.2. The Bertz CT molecular complexity index is 497. The molecule has 2 N–H and O–H groups in total. The minimum absolute atomic E-state index is 0.271. The van der Waals surface area contributed by atoms with Gasteiger partial charge in [0.2, 0.25) is 0 Å². The molecule has 0 amide bonds. The third-order valence-corrected chi connectivity index (χ3v) is 3.29. The maximum atomic E-state index is 5.87. The van der Waals surface area contributed by atoms with E-state index in [0.717, 1.165) is 17.8 Å². The van der Waals surface area contributed by atoms with Crippen molar-refractivity contribution in [3.8, 4) is 11.3 Å². The summed E-state index contributed by atoms with van der Waals surface area (Å²) >= 11 is 0. The highest BCUT2D eigenvalue weighted by Gasteiger charge is 2.17. The smallest absolute Gasteiger partial charge is 0.0954 e. The van der Waals surface area contributed by atoms with Crippen molar-refractivity contribution >= 4 is 0 Å². The molecule has 0 fully saturated rings. The van der Waals surface area contributed by atoms with Gasteiger partial charge in [-0.25, -0.2) is 4.98 Å². The van der Waals surface area contributed by atoms with Crippen LogP contribution in [0.25, 0.3) is 11.3 Å². The van der Waals surface area contributed by atoms with E-state index in [2.05, 4.69) is 35.4 Å². The molecule has 2 aromatic heterocycles. The van der Waals surface area contributed by atoms with Gasteiger partial charge in [-0.15, -0.1) is 0 Å². The summed E-state index contributed by atoms with van der Waals surface area (Å²) in [6.45, 7) is 7.92. The number of hydrogen-bond donors (Lipinski definition) is 1. The Morgan fingerprint density at radius 2 is 2.11 bits per heavy atom. The second-order valence-electron chi connectivity index (χ2n) is 4.82. The Labute approximate surface area is 108 Å². The summed E-state index contributed by atoms with van der Waals surface area (Å²) in [6.07, 6.45) is 7.66. The molecule has 2 heterocycles. The van der Waals surface area contributed by atoms with Crippen molar-refractivity contribution in [3.05, 3.63) is 24.9 Å². The Morgan fingerprint density at radius 3 is 2.67 bits per heavy atom. The van der Waals surface area contributed by atoms with Crippen molar-refractivity contribution in [2.24, 2.45) is 11.7 Å². The highest BCUT2D eigenvalue weighted by Crippen LogP contribution is 2.25. The summed E-state index contributed by atoms with van der Waals surface area (Å²) < 4.78 is 4.07. The number of nitrogens with two attached hydrogens (primary N) is 1. The van der Waals surface area contributed by atoms with Crippen molar-refractivity contribution in [2.75, 3.05) is 6.54 Å². The molecule has 2 rings (SSSR count). The molecule has 0 radical (unpaired) electrons. The number of nitrogens with zero attached hydrogens (tertiary/aromatic N) is 4. The molecule has 0 saturated carbocycles. The Balaban J connectivity index is 2.37. The van der Waals surface area contributed by atoms with Crippen molar-refractivity contribution in [3.63, 3.8) is 0 Å². The van der Waals surface area contributed by atoms with Gasteiger partial charge in [-0.1, -0.05) is 13.8 Å². The number of aryl methyl sites for hydroxylation is 1. The molecule has 2 aromatic rings. The van der Waals surface area contributed by atoms with Crippen LogP contribution in [0.5, 0.6) is 0 Å². The maximum absolute atomic E-state index is 5.87. The van der Waals surface area contributed by atoms with Crippen LogP contribution in [-0.2, 0) is 6.54 Å². The lowest BCUT2D eigenvalue weighted by Gasteiger charge is -2.22. The third kappa shape index (κ3) is 2.31. The van der Waals surface area contributed by atoms with E-state index in [4.69, 9.17) is 5.73 Å². The average Bonchev–Trinajstić information content (AvgIpc) is 2.96. The second-order valence-corrected chi connectivity index (χ2v) is 4.82. The van der Waals surface area contributed by atoms with Crippen molar-refractivity contribution in [1.29, 1.82) is 0 Å². The summed E-state index contributed by atoms with van der Waals surface area (Å²) in [5.41, 5.74) is 8.05. The van der Waals surface area contributed by atoms with E-state index in [9.17, 15) is 0 Å². The highest BCUT2D eigenvalue weighted by atomic mass is 15.3. The van der Waals surface area contributed by atoms with Gasteiger partial charge in [-0.05, 0) is 12.8 Å². The van der Waals surface area contributed by atoms with Gasteiger partial charge in [-0.3, -0.25) is 4.68 Å². The lowest BCUT2D eigenvalue weighted by molar-refractivity contribution is 0.387. The van der Waals surface area contributed by atoms with Gasteiger partial charge in [0.15, 0.2) is 0 Å². The monoisotopic (exact) mass is 247 g/mol. The summed E-state index contributed by atoms with van der Waals surface area (Å²) in [4.78, 5) is 4.26. The third-order valence-electron chi connectivity index (χ3n) is 3.29. The van der Waals surface area contributed by atoms with E-state index >= 15 is 0 Å². The normalized spacial score (nSPS) is 13.2. The number of hydrogen-bond acceptors (Lipinski definition) is 3. The van der Waals surface area contributed by atoms with E-state index in [-0.39, 0.29) is 6.04 Å². The van der Waals surface area contributed by atoms with Gasteiger partial charge in [0.25, 0.3) is 0 Å². The van der Waals surface area contributed by atoms with Crippen molar-refractivity contribution in [1.82, 2.24) is 19.3 Å². The molecular formula is C13H21N5. The standard InChI is InChI=1S/C13H21N5/c1-4-17-8-11(6-16-17)13-7-15-9-18(13)12(5-14)10(2)3/h6-10,12H,4-5,14H2,1-3H3. The quantitative estimate of drug-likeness (QED) is 0.878. The van der Waals surface area contributed by atoms with Gasteiger partial charge in [0.1, 0.15) is 0 Å². The van der Waals surface area contributed by atoms with E-state index in [0.29, 0.717) is 12.5 Å². The van der Waals surface area contributed by atoms with Crippen LogP contribution in [0.2, 0.25) is 0 Å². The lowest BCUT2D eigenvalue weighted by atomic mass is 10.0. The van der Waals surface area contributed by atoms with Crippen LogP contribution in [-0.4, -0.2) is 25.9 Å². The molecule has 0 aromatic carbocycles. The van der Waals surface area contributed by atoms with Crippen LogP contribution in [0, 0.1) is 5.92 Å². The minimum atomic E-state index is 0.271. The van der Waals surface area contributed by atoms with Gasteiger partial charge >= 0.3 is 0 Å². The first-order valence-electron chi connectivity index (χ1n) is 6.42. The molecule has 0 saturated heterocycles. The van der Waals surface area contributed by atoms with E-state index in [1.165, 1.54) is 0 Å². The van der Waals surface area contributed by atoms with E-state index in [1.54, 1.807) is 0 Å². The number of aromatic nitrogens is 4. The first-order chi connectivity index (χ1) is 8.67. The van der Waals surface area contributed by atoms with Crippen LogP contribution in [0.15, 0.2) is 24.9 Å². The molecule has 1 unspecified atom stereocenters. The molecule has 0 bridgehead atoms. The first kappa shape index (κ1) is 12.8. The highest BCUT2D eigenvalue weighted by molar-refractivity contribution is 5.56. The summed E-state index contributed by atoms with van der Waals surface area (Å²) in [7, 11) is 0. The predicted octanol–water partition coefficient (Wildman–Crippen LogP) is 1.92. The molecule has 0 aliphatic rings. The molecule has 0 aliphatic carbocycles. The molecule has 1 atom stereocenters. The first-order valence-corrected chi connectivity index (χ1v) is 6.42.